The molecular weight excluding hydrogens is 442 g/mol. The molecule has 34 heavy (non-hydrogen) atoms. The Kier molecular flexibility index (Phi) is 5.29. The van der Waals surface area contributed by atoms with Crippen molar-refractivity contribution in [2.45, 2.75) is 6.54 Å². The first-order chi connectivity index (χ1) is 16.4. The van der Waals surface area contributed by atoms with Crippen molar-refractivity contribution >= 4 is 28.4 Å². The Morgan fingerprint density at radius 3 is 2.59 bits per heavy atom. The Morgan fingerprint density at radius 2 is 1.79 bits per heavy atom. The molecule has 0 fully saturated rings. The lowest BCUT2D eigenvalue weighted by Crippen LogP contribution is -2.21. The number of benzene rings is 3. The maximum Gasteiger partial charge on any atom is 0.260 e. The van der Waals surface area contributed by atoms with Gasteiger partial charge in [0.2, 0.25) is 11.7 Å². The summed E-state index contributed by atoms with van der Waals surface area (Å²) in [6.45, 7) is -0.277. The molecule has 0 bridgehead atoms. The summed E-state index contributed by atoms with van der Waals surface area (Å²) in [5.74, 6) is -1.19. The first kappa shape index (κ1) is 21.3. The minimum atomic E-state index is -0.758. The molecule has 0 aliphatic carbocycles. The van der Waals surface area contributed by atoms with E-state index in [2.05, 4.69) is 10.3 Å². The molecule has 1 amide bonds. The van der Waals surface area contributed by atoms with E-state index in [1.54, 1.807) is 60.2 Å². The van der Waals surface area contributed by atoms with Gasteiger partial charge in [0.25, 0.3) is 5.56 Å². The topological polar surface area (TPSA) is 77.6 Å². The zero-order chi connectivity index (χ0) is 23.8. The third-order valence-corrected chi connectivity index (χ3v) is 5.43. The number of carbonyl (C=O) groups excluding carboxylic acids is 1. The summed E-state index contributed by atoms with van der Waals surface area (Å²) < 4.78 is 35.8. The van der Waals surface area contributed by atoms with Crippen molar-refractivity contribution in [3.05, 3.63) is 94.8 Å². The first-order valence-electron chi connectivity index (χ1n) is 10.3. The number of anilines is 1. The second-order valence-electron chi connectivity index (χ2n) is 7.59. The Hall–Kier alpha value is -4.53. The normalized spacial score (nSPS) is 11.1. The number of hydrogen-bond donors (Lipinski definition) is 1. The fourth-order valence-electron chi connectivity index (χ4n) is 3.88. The number of nitrogens with zero attached hydrogens (tertiary/aromatic N) is 3. The molecule has 0 aliphatic heterocycles. The number of ether oxygens (including phenoxy) is 1. The van der Waals surface area contributed by atoms with E-state index in [0.29, 0.717) is 28.0 Å². The van der Waals surface area contributed by atoms with Crippen LogP contribution in [-0.4, -0.2) is 27.0 Å². The number of methoxy groups -OCH3 is 1. The minimum absolute atomic E-state index is 0.237. The molecule has 2 heterocycles. The second kappa shape index (κ2) is 8.43. The van der Waals surface area contributed by atoms with E-state index < -0.39 is 17.5 Å². The Morgan fingerprint density at radius 1 is 1.00 bits per heavy atom. The summed E-state index contributed by atoms with van der Waals surface area (Å²) in [6, 6.07) is 18.4. The largest absolute Gasteiger partial charge is 0.497 e. The number of fused-ring (bicyclic) bond motifs is 3. The summed E-state index contributed by atoms with van der Waals surface area (Å²) in [6.07, 6.45) is 0. The fraction of sp³-hybridized carbons (Fsp3) is 0.0800. The predicted molar refractivity (Wildman–Crippen MR) is 124 cm³/mol. The van der Waals surface area contributed by atoms with Crippen LogP contribution in [0.15, 0.2) is 77.6 Å². The molecule has 5 rings (SSSR count). The molecule has 0 spiro atoms. The zero-order valence-electron chi connectivity index (χ0n) is 18.0. The number of nitrogens with one attached hydrogen (secondary N) is 1. The highest BCUT2D eigenvalue weighted by Crippen LogP contribution is 2.24. The fourth-order valence-corrected chi connectivity index (χ4v) is 3.88. The van der Waals surface area contributed by atoms with E-state index in [9.17, 15) is 18.4 Å². The van der Waals surface area contributed by atoms with E-state index in [4.69, 9.17) is 4.74 Å². The molecule has 0 unspecified atom stereocenters. The number of amides is 1. The summed E-state index contributed by atoms with van der Waals surface area (Å²) in [5, 5.41) is 2.39. The third kappa shape index (κ3) is 3.77. The average Bonchev–Trinajstić information content (AvgIpc) is 3.15. The number of hydrogen-bond acceptors (Lipinski definition) is 4. The molecule has 3 aromatic carbocycles. The van der Waals surface area contributed by atoms with Crippen molar-refractivity contribution in [3.63, 3.8) is 0 Å². The third-order valence-electron chi connectivity index (χ3n) is 5.43. The van der Waals surface area contributed by atoms with Gasteiger partial charge in [-0.2, -0.15) is 0 Å². The van der Waals surface area contributed by atoms with Crippen molar-refractivity contribution in [2.24, 2.45) is 0 Å². The maximum absolute atomic E-state index is 14.0. The van der Waals surface area contributed by atoms with Gasteiger partial charge in [-0.3, -0.25) is 9.59 Å². The highest BCUT2D eigenvalue weighted by Gasteiger charge is 2.18. The van der Waals surface area contributed by atoms with Crippen LogP contribution in [0.4, 0.5) is 14.5 Å². The Balaban J connectivity index is 1.63. The van der Waals surface area contributed by atoms with Crippen LogP contribution in [0.1, 0.15) is 0 Å². The van der Waals surface area contributed by atoms with Crippen LogP contribution in [0.5, 0.6) is 5.75 Å². The number of aromatic nitrogens is 3. The number of carbonyl (C=O) groups is 1. The molecule has 0 aliphatic rings. The van der Waals surface area contributed by atoms with Gasteiger partial charge in [0, 0.05) is 17.7 Å². The number of para-hydroxylation sites is 2. The van der Waals surface area contributed by atoms with Crippen molar-refractivity contribution in [2.75, 3.05) is 12.4 Å². The van der Waals surface area contributed by atoms with Crippen LogP contribution in [-0.2, 0) is 11.3 Å². The van der Waals surface area contributed by atoms with Gasteiger partial charge in [-0.05, 0) is 36.4 Å². The summed E-state index contributed by atoms with van der Waals surface area (Å²) >= 11 is 0. The lowest BCUT2D eigenvalue weighted by molar-refractivity contribution is -0.116. The Bertz CT molecular complexity index is 1620. The molecule has 0 radical (unpaired) electrons. The number of imidazole rings is 1. The van der Waals surface area contributed by atoms with Gasteiger partial charge in [-0.1, -0.05) is 24.3 Å². The predicted octanol–water partition coefficient (Wildman–Crippen LogP) is 4.24. The van der Waals surface area contributed by atoms with Crippen LogP contribution in [0, 0.1) is 11.6 Å². The molecule has 170 valence electrons. The van der Waals surface area contributed by atoms with E-state index >= 15 is 0 Å². The number of rotatable bonds is 5. The second-order valence-corrected chi connectivity index (χ2v) is 7.59. The quantitative estimate of drug-likeness (QED) is 0.426. The van der Waals surface area contributed by atoms with E-state index in [-0.39, 0.29) is 23.6 Å². The van der Waals surface area contributed by atoms with Crippen LogP contribution in [0.2, 0.25) is 0 Å². The van der Waals surface area contributed by atoms with Crippen LogP contribution in [0.25, 0.3) is 28.1 Å². The molecule has 0 atom stereocenters. The van der Waals surface area contributed by atoms with E-state index in [0.717, 1.165) is 18.2 Å². The molecule has 5 aromatic rings. The first-order valence-corrected chi connectivity index (χ1v) is 10.3. The van der Waals surface area contributed by atoms with Crippen LogP contribution in [0.3, 0.4) is 0 Å². The van der Waals surface area contributed by atoms with Gasteiger partial charge in [-0.25, -0.2) is 18.2 Å². The summed E-state index contributed by atoms with van der Waals surface area (Å²) in [7, 11) is 1.54. The highest BCUT2D eigenvalue weighted by molar-refractivity contribution is 5.93. The monoisotopic (exact) mass is 460 g/mol. The molecule has 0 saturated heterocycles. The molecule has 1 N–H and O–H groups in total. The number of halogens is 2. The Labute approximate surface area is 191 Å². The van der Waals surface area contributed by atoms with Crippen LogP contribution < -0.4 is 15.6 Å². The standard InChI is InChI=1S/C25H18F2N4O3/c1-34-17-6-4-5-15(11-17)19-13-24(33)31-22-8-3-2-7-21(22)30(25(31)29-19)14-23(32)28-20-12-16(26)9-10-18(20)27/h2-13H,14H2,1H3,(H,28,32). The van der Waals surface area contributed by atoms with Gasteiger partial charge in [0.15, 0.2) is 0 Å². The van der Waals surface area contributed by atoms with Crippen molar-refractivity contribution in [1.82, 2.24) is 14.0 Å². The van der Waals surface area contributed by atoms with E-state index in [1.165, 1.54) is 10.5 Å². The lowest BCUT2D eigenvalue weighted by Gasteiger charge is -2.09. The highest BCUT2D eigenvalue weighted by atomic mass is 19.1. The van der Waals surface area contributed by atoms with Crippen molar-refractivity contribution in [1.29, 1.82) is 0 Å². The van der Waals surface area contributed by atoms with Gasteiger partial charge in [0.1, 0.15) is 23.9 Å². The lowest BCUT2D eigenvalue weighted by atomic mass is 10.1. The smallest absolute Gasteiger partial charge is 0.260 e. The van der Waals surface area contributed by atoms with E-state index in [1.807, 2.05) is 0 Å². The molecule has 9 heteroatoms. The molecule has 7 nitrogen and oxygen atoms in total. The van der Waals surface area contributed by atoms with Crippen molar-refractivity contribution in [3.8, 4) is 17.0 Å². The average molecular weight is 460 g/mol. The zero-order valence-corrected chi connectivity index (χ0v) is 18.0. The van der Waals surface area contributed by atoms with Gasteiger partial charge >= 0.3 is 0 Å². The minimum Gasteiger partial charge on any atom is -0.497 e. The summed E-state index contributed by atoms with van der Waals surface area (Å²) in [4.78, 5) is 30.6. The summed E-state index contributed by atoms with van der Waals surface area (Å²) in [5.41, 5.74) is 1.63. The SMILES string of the molecule is COc1cccc(-c2cc(=O)n3c4ccccc4n(CC(=O)Nc4cc(F)ccc4F)c3n2)c1. The van der Waals surface area contributed by atoms with Gasteiger partial charge < -0.3 is 14.6 Å². The molecule has 2 aromatic heterocycles. The molecular formula is C25H18F2N4O3. The van der Waals surface area contributed by atoms with Crippen LogP contribution >= 0.6 is 0 Å². The maximum atomic E-state index is 14.0. The van der Waals surface area contributed by atoms with Gasteiger partial charge in [0.05, 0.1) is 29.5 Å². The van der Waals surface area contributed by atoms with Gasteiger partial charge in [-0.15, -0.1) is 0 Å². The van der Waals surface area contributed by atoms with Crippen molar-refractivity contribution < 1.29 is 18.3 Å². The molecule has 0 saturated carbocycles.